The quantitative estimate of drug-likeness (QED) is 0.586. The first-order chi connectivity index (χ1) is 12.7. The van der Waals surface area contributed by atoms with Crippen molar-refractivity contribution in [3.8, 4) is 5.75 Å². The van der Waals surface area contributed by atoms with Crippen LogP contribution in [0.25, 0.3) is 5.65 Å². The van der Waals surface area contributed by atoms with Crippen LogP contribution >= 0.6 is 0 Å². The molecule has 138 valence electrons. The third-order valence-corrected chi connectivity index (χ3v) is 4.44. The Morgan fingerprint density at radius 2 is 1.88 bits per heavy atom. The van der Waals surface area contributed by atoms with E-state index in [2.05, 4.69) is 41.4 Å². The van der Waals surface area contributed by atoms with Gasteiger partial charge in [-0.1, -0.05) is 31.9 Å². The van der Waals surface area contributed by atoms with Crippen LogP contribution in [0, 0.1) is 13.8 Å². The SMILES string of the molecule is CCCCCOc1ccc(CNCc2cnn3c(C)cc(C)nc23)cc1. The smallest absolute Gasteiger partial charge is 0.159 e. The Morgan fingerprint density at radius 3 is 2.65 bits per heavy atom. The van der Waals surface area contributed by atoms with E-state index in [1.165, 1.54) is 18.4 Å². The van der Waals surface area contributed by atoms with Crippen molar-refractivity contribution in [1.29, 1.82) is 0 Å². The highest BCUT2D eigenvalue weighted by Crippen LogP contribution is 2.14. The summed E-state index contributed by atoms with van der Waals surface area (Å²) in [5, 5.41) is 7.92. The number of nitrogens with one attached hydrogen (secondary N) is 1. The van der Waals surface area contributed by atoms with Crippen molar-refractivity contribution >= 4 is 5.65 Å². The zero-order valence-electron chi connectivity index (χ0n) is 16.0. The lowest BCUT2D eigenvalue weighted by Gasteiger charge is -2.08. The number of rotatable bonds is 9. The highest BCUT2D eigenvalue weighted by atomic mass is 16.5. The average molecular weight is 352 g/mol. The van der Waals surface area contributed by atoms with E-state index in [4.69, 9.17) is 4.74 Å². The van der Waals surface area contributed by atoms with Gasteiger partial charge in [0.05, 0.1) is 12.8 Å². The summed E-state index contributed by atoms with van der Waals surface area (Å²) in [7, 11) is 0. The second kappa shape index (κ2) is 8.81. The molecule has 0 aliphatic rings. The minimum atomic E-state index is 0.745. The van der Waals surface area contributed by atoms with Crippen LogP contribution in [0.1, 0.15) is 48.7 Å². The summed E-state index contributed by atoms with van der Waals surface area (Å²) in [4.78, 5) is 4.62. The molecule has 0 bridgehead atoms. The number of hydrogen-bond acceptors (Lipinski definition) is 4. The highest BCUT2D eigenvalue weighted by molar-refractivity contribution is 5.47. The summed E-state index contributed by atoms with van der Waals surface area (Å²) in [6.45, 7) is 8.62. The fourth-order valence-corrected chi connectivity index (χ4v) is 3.03. The van der Waals surface area contributed by atoms with Crippen molar-refractivity contribution in [2.45, 2.75) is 53.1 Å². The van der Waals surface area contributed by atoms with E-state index in [1.807, 2.05) is 35.8 Å². The molecule has 3 aromatic rings. The van der Waals surface area contributed by atoms with Crippen LogP contribution in [0.2, 0.25) is 0 Å². The lowest BCUT2D eigenvalue weighted by molar-refractivity contribution is 0.306. The molecule has 0 unspecified atom stereocenters. The van der Waals surface area contributed by atoms with E-state index in [1.54, 1.807) is 0 Å². The lowest BCUT2D eigenvalue weighted by atomic mass is 10.2. The minimum absolute atomic E-state index is 0.745. The number of benzene rings is 1. The monoisotopic (exact) mass is 352 g/mol. The summed E-state index contributed by atoms with van der Waals surface area (Å²) in [5.74, 6) is 0.947. The maximum absolute atomic E-state index is 5.76. The van der Waals surface area contributed by atoms with E-state index in [0.717, 1.165) is 54.5 Å². The molecule has 0 aliphatic carbocycles. The van der Waals surface area contributed by atoms with Crippen LogP contribution in [0.15, 0.2) is 36.5 Å². The fourth-order valence-electron chi connectivity index (χ4n) is 3.03. The van der Waals surface area contributed by atoms with Crippen molar-refractivity contribution < 1.29 is 4.74 Å². The Kier molecular flexibility index (Phi) is 6.23. The first-order valence-electron chi connectivity index (χ1n) is 9.40. The third-order valence-electron chi connectivity index (χ3n) is 4.44. The molecule has 0 fully saturated rings. The normalized spacial score (nSPS) is 11.2. The number of unbranched alkanes of at least 4 members (excludes halogenated alkanes) is 2. The van der Waals surface area contributed by atoms with Gasteiger partial charge in [-0.15, -0.1) is 0 Å². The van der Waals surface area contributed by atoms with Gasteiger partial charge >= 0.3 is 0 Å². The predicted molar refractivity (Wildman–Crippen MR) is 104 cm³/mol. The van der Waals surface area contributed by atoms with Gasteiger partial charge in [-0.25, -0.2) is 9.50 Å². The summed E-state index contributed by atoms with van der Waals surface area (Å²) in [5.41, 5.74) is 5.42. The molecule has 5 heteroatoms. The second-order valence-corrected chi connectivity index (χ2v) is 6.75. The Morgan fingerprint density at radius 1 is 1.08 bits per heavy atom. The summed E-state index contributed by atoms with van der Waals surface area (Å²) < 4.78 is 7.65. The first kappa shape index (κ1) is 18.4. The van der Waals surface area contributed by atoms with Crippen molar-refractivity contribution in [3.63, 3.8) is 0 Å². The van der Waals surface area contributed by atoms with Gasteiger partial charge in [0, 0.05) is 30.0 Å². The van der Waals surface area contributed by atoms with E-state index < -0.39 is 0 Å². The highest BCUT2D eigenvalue weighted by Gasteiger charge is 2.08. The summed E-state index contributed by atoms with van der Waals surface area (Å²) in [6, 6.07) is 10.4. The zero-order chi connectivity index (χ0) is 18.4. The number of fused-ring (bicyclic) bond motifs is 1. The van der Waals surface area contributed by atoms with Crippen LogP contribution in [-0.2, 0) is 13.1 Å². The molecular weight excluding hydrogens is 324 g/mol. The number of hydrogen-bond donors (Lipinski definition) is 1. The third kappa shape index (κ3) is 4.61. The molecule has 1 N–H and O–H groups in total. The molecule has 5 nitrogen and oxygen atoms in total. The van der Waals surface area contributed by atoms with Crippen molar-refractivity contribution in [2.75, 3.05) is 6.61 Å². The van der Waals surface area contributed by atoms with Gasteiger partial charge < -0.3 is 10.1 Å². The second-order valence-electron chi connectivity index (χ2n) is 6.75. The van der Waals surface area contributed by atoms with E-state index >= 15 is 0 Å². The molecule has 0 radical (unpaired) electrons. The number of aryl methyl sites for hydroxylation is 2. The van der Waals surface area contributed by atoms with Crippen molar-refractivity contribution in [3.05, 3.63) is 59.0 Å². The van der Waals surface area contributed by atoms with Crippen molar-refractivity contribution in [1.82, 2.24) is 19.9 Å². The number of ether oxygens (including phenoxy) is 1. The van der Waals surface area contributed by atoms with Gasteiger partial charge in [0.2, 0.25) is 0 Å². The summed E-state index contributed by atoms with van der Waals surface area (Å²) >= 11 is 0. The molecule has 0 saturated carbocycles. The van der Waals surface area contributed by atoms with E-state index in [9.17, 15) is 0 Å². The van der Waals surface area contributed by atoms with Crippen LogP contribution in [0.4, 0.5) is 0 Å². The van der Waals surface area contributed by atoms with Gasteiger partial charge in [-0.3, -0.25) is 0 Å². The van der Waals surface area contributed by atoms with Crippen LogP contribution < -0.4 is 10.1 Å². The van der Waals surface area contributed by atoms with E-state index in [0.29, 0.717) is 0 Å². The maximum Gasteiger partial charge on any atom is 0.159 e. The average Bonchev–Trinajstić information content (AvgIpc) is 3.03. The topological polar surface area (TPSA) is 51.5 Å². The Balaban J connectivity index is 1.52. The van der Waals surface area contributed by atoms with Crippen LogP contribution in [-0.4, -0.2) is 21.2 Å². The lowest BCUT2D eigenvalue weighted by Crippen LogP contribution is -2.13. The molecule has 26 heavy (non-hydrogen) atoms. The minimum Gasteiger partial charge on any atom is -0.494 e. The van der Waals surface area contributed by atoms with Gasteiger partial charge in [-0.05, 0) is 44.0 Å². The molecule has 1 aromatic carbocycles. The first-order valence-corrected chi connectivity index (χ1v) is 9.40. The van der Waals surface area contributed by atoms with Gasteiger partial charge in [0.1, 0.15) is 5.75 Å². The predicted octanol–water partition coefficient (Wildman–Crippen LogP) is 4.20. The van der Waals surface area contributed by atoms with Gasteiger partial charge in [0.15, 0.2) is 5.65 Å². The number of aromatic nitrogens is 3. The van der Waals surface area contributed by atoms with Crippen LogP contribution in [0.3, 0.4) is 0 Å². The Bertz CT molecular complexity index is 839. The van der Waals surface area contributed by atoms with E-state index in [-0.39, 0.29) is 0 Å². The molecular formula is C21H28N4O. The molecule has 0 amide bonds. The molecule has 0 saturated heterocycles. The van der Waals surface area contributed by atoms with Gasteiger partial charge in [-0.2, -0.15) is 5.10 Å². The Hall–Kier alpha value is -2.40. The summed E-state index contributed by atoms with van der Waals surface area (Å²) in [6.07, 6.45) is 5.45. The molecule has 2 aromatic heterocycles. The molecule has 0 aliphatic heterocycles. The molecule has 0 atom stereocenters. The zero-order valence-corrected chi connectivity index (χ0v) is 16.0. The molecule has 2 heterocycles. The van der Waals surface area contributed by atoms with Crippen LogP contribution in [0.5, 0.6) is 5.75 Å². The maximum atomic E-state index is 5.76. The van der Waals surface area contributed by atoms with Gasteiger partial charge in [0.25, 0.3) is 0 Å². The number of nitrogens with zero attached hydrogens (tertiary/aromatic N) is 3. The standard InChI is InChI=1S/C21H28N4O/c1-4-5-6-11-26-20-9-7-18(8-10-20)13-22-14-19-15-23-25-17(3)12-16(2)24-21(19)25/h7-10,12,15,22H,4-6,11,13-14H2,1-3H3. The molecule has 0 spiro atoms. The largest absolute Gasteiger partial charge is 0.494 e. The van der Waals surface area contributed by atoms with Crippen molar-refractivity contribution in [2.24, 2.45) is 0 Å². The Labute approximate surface area is 155 Å². The molecule has 3 rings (SSSR count). The fraction of sp³-hybridized carbons (Fsp3) is 0.429.